The molecule has 24 heavy (non-hydrogen) atoms. The van der Waals surface area contributed by atoms with E-state index < -0.39 is 27.8 Å². The molecule has 2 aromatic carbocycles. The maximum absolute atomic E-state index is 12.6. The molecule has 130 valence electrons. The highest BCUT2D eigenvalue weighted by atomic mass is 32.2. The van der Waals surface area contributed by atoms with Crippen LogP contribution in [0.4, 0.5) is 13.2 Å². The zero-order valence-corrected chi connectivity index (χ0v) is 13.8. The summed E-state index contributed by atoms with van der Waals surface area (Å²) in [5.74, 6) is 0.514. The number of methoxy groups -OCH3 is 1. The van der Waals surface area contributed by atoms with Crippen molar-refractivity contribution in [2.45, 2.75) is 24.0 Å². The molecule has 1 atom stereocenters. The van der Waals surface area contributed by atoms with Crippen LogP contribution in [0.15, 0.2) is 53.4 Å². The number of hydrogen-bond acceptors (Lipinski definition) is 3. The van der Waals surface area contributed by atoms with E-state index in [1.807, 2.05) is 0 Å². The Morgan fingerprint density at radius 1 is 1.04 bits per heavy atom. The topological polar surface area (TPSA) is 55.4 Å². The molecule has 2 aromatic rings. The number of benzene rings is 2. The molecule has 0 bridgehead atoms. The average molecular weight is 359 g/mol. The highest BCUT2D eigenvalue weighted by Crippen LogP contribution is 2.30. The Labute approximate surface area is 138 Å². The molecule has 0 aliphatic rings. The third-order valence-electron chi connectivity index (χ3n) is 3.43. The molecule has 0 saturated heterocycles. The van der Waals surface area contributed by atoms with Crippen LogP contribution in [-0.4, -0.2) is 15.5 Å². The second-order valence-corrected chi connectivity index (χ2v) is 6.82. The summed E-state index contributed by atoms with van der Waals surface area (Å²) in [7, 11) is -2.50. The van der Waals surface area contributed by atoms with Gasteiger partial charge in [0.05, 0.1) is 17.6 Å². The first-order valence-electron chi connectivity index (χ1n) is 6.97. The number of nitrogens with one attached hydrogen (secondary N) is 1. The largest absolute Gasteiger partial charge is 0.496 e. The maximum Gasteiger partial charge on any atom is 0.416 e. The molecule has 1 N–H and O–H groups in total. The highest BCUT2D eigenvalue weighted by molar-refractivity contribution is 7.89. The van der Waals surface area contributed by atoms with Gasteiger partial charge in [-0.15, -0.1) is 0 Å². The summed E-state index contributed by atoms with van der Waals surface area (Å²) in [6.45, 7) is 1.62. The fourth-order valence-electron chi connectivity index (χ4n) is 2.21. The molecule has 0 unspecified atom stereocenters. The Balaban J connectivity index is 2.25. The van der Waals surface area contributed by atoms with Crippen molar-refractivity contribution in [1.29, 1.82) is 0 Å². The lowest BCUT2D eigenvalue weighted by Crippen LogP contribution is -2.27. The van der Waals surface area contributed by atoms with E-state index >= 15 is 0 Å². The first kappa shape index (κ1) is 18.3. The van der Waals surface area contributed by atoms with Crippen LogP contribution >= 0.6 is 0 Å². The Morgan fingerprint density at radius 2 is 1.62 bits per heavy atom. The number of para-hydroxylation sites is 1. The molecule has 0 amide bonds. The predicted molar refractivity (Wildman–Crippen MR) is 83.2 cm³/mol. The number of ether oxygens (including phenoxy) is 1. The summed E-state index contributed by atoms with van der Waals surface area (Å²) in [5.41, 5.74) is -0.283. The van der Waals surface area contributed by atoms with E-state index in [4.69, 9.17) is 4.74 Å². The number of sulfonamides is 1. The van der Waals surface area contributed by atoms with Gasteiger partial charge in [0, 0.05) is 11.6 Å². The Morgan fingerprint density at radius 3 is 2.17 bits per heavy atom. The van der Waals surface area contributed by atoms with Gasteiger partial charge in [-0.25, -0.2) is 13.1 Å². The van der Waals surface area contributed by atoms with Crippen molar-refractivity contribution in [2.24, 2.45) is 0 Å². The van der Waals surface area contributed by atoms with E-state index in [9.17, 15) is 21.6 Å². The van der Waals surface area contributed by atoms with Gasteiger partial charge in [-0.3, -0.25) is 0 Å². The lowest BCUT2D eigenvalue weighted by molar-refractivity contribution is -0.137. The predicted octanol–water partition coefficient (Wildman–Crippen LogP) is 3.75. The lowest BCUT2D eigenvalue weighted by Gasteiger charge is -2.17. The van der Waals surface area contributed by atoms with Crippen LogP contribution in [0.5, 0.6) is 5.75 Å². The Bertz CT molecular complexity index is 802. The molecule has 0 aliphatic carbocycles. The summed E-state index contributed by atoms with van der Waals surface area (Å²) in [4.78, 5) is -0.239. The van der Waals surface area contributed by atoms with E-state index in [-0.39, 0.29) is 4.90 Å². The van der Waals surface area contributed by atoms with Crippen molar-refractivity contribution in [3.05, 3.63) is 59.7 Å². The van der Waals surface area contributed by atoms with Gasteiger partial charge < -0.3 is 4.74 Å². The lowest BCUT2D eigenvalue weighted by atomic mass is 10.1. The molecule has 0 fully saturated rings. The van der Waals surface area contributed by atoms with E-state index in [0.29, 0.717) is 11.3 Å². The van der Waals surface area contributed by atoms with E-state index in [1.54, 1.807) is 31.2 Å². The SMILES string of the molecule is COc1ccccc1[C@@H](C)NS(=O)(=O)c1ccc(C(F)(F)F)cc1. The van der Waals surface area contributed by atoms with E-state index in [1.165, 1.54) is 7.11 Å². The Kier molecular flexibility index (Phi) is 5.19. The van der Waals surface area contributed by atoms with E-state index in [2.05, 4.69) is 4.72 Å². The molecular formula is C16H16F3NO3S. The van der Waals surface area contributed by atoms with Gasteiger partial charge >= 0.3 is 6.18 Å². The molecule has 0 radical (unpaired) electrons. The number of halogens is 3. The first-order chi connectivity index (χ1) is 11.1. The van der Waals surface area contributed by atoms with Gasteiger partial charge in [-0.05, 0) is 37.3 Å². The minimum atomic E-state index is -4.51. The standard InChI is InChI=1S/C16H16F3NO3S/c1-11(14-5-3-4-6-15(14)23-2)20-24(21,22)13-9-7-12(8-10-13)16(17,18)19/h3-11,20H,1-2H3/t11-/m1/s1. The van der Waals surface area contributed by atoms with Crippen molar-refractivity contribution in [3.63, 3.8) is 0 Å². The minimum Gasteiger partial charge on any atom is -0.496 e. The fraction of sp³-hybridized carbons (Fsp3) is 0.250. The summed E-state index contributed by atoms with van der Waals surface area (Å²) in [6, 6.07) is 9.61. The van der Waals surface area contributed by atoms with Crippen LogP contribution in [0.3, 0.4) is 0 Å². The number of rotatable bonds is 5. The van der Waals surface area contributed by atoms with Crippen LogP contribution in [-0.2, 0) is 16.2 Å². The van der Waals surface area contributed by atoms with Crippen molar-refractivity contribution in [2.75, 3.05) is 7.11 Å². The third-order valence-corrected chi connectivity index (χ3v) is 4.99. The second kappa shape index (κ2) is 6.82. The van der Waals surface area contributed by atoms with E-state index in [0.717, 1.165) is 24.3 Å². The quantitative estimate of drug-likeness (QED) is 0.885. The molecular weight excluding hydrogens is 343 g/mol. The Hall–Kier alpha value is -2.06. The molecule has 0 heterocycles. The number of hydrogen-bond donors (Lipinski definition) is 1. The molecule has 4 nitrogen and oxygen atoms in total. The highest BCUT2D eigenvalue weighted by Gasteiger charge is 2.30. The van der Waals surface area contributed by atoms with Crippen LogP contribution in [0.25, 0.3) is 0 Å². The summed E-state index contributed by atoms with van der Waals surface area (Å²) >= 11 is 0. The molecule has 0 spiro atoms. The monoisotopic (exact) mass is 359 g/mol. The van der Waals surface area contributed by atoms with Gasteiger partial charge in [0.25, 0.3) is 0 Å². The molecule has 0 saturated carbocycles. The molecule has 0 aromatic heterocycles. The van der Waals surface area contributed by atoms with Crippen molar-refractivity contribution >= 4 is 10.0 Å². The van der Waals surface area contributed by atoms with Crippen LogP contribution in [0, 0.1) is 0 Å². The zero-order chi connectivity index (χ0) is 18.0. The fourth-order valence-corrected chi connectivity index (χ4v) is 3.43. The smallest absolute Gasteiger partial charge is 0.416 e. The molecule has 0 aliphatic heterocycles. The van der Waals surface area contributed by atoms with Gasteiger partial charge in [-0.1, -0.05) is 18.2 Å². The average Bonchev–Trinajstić information content (AvgIpc) is 2.53. The zero-order valence-electron chi connectivity index (χ0n) is 13.0. The van der Waals surface area contributed by atoms with Crippen molar-refractivity contribution < 1.29 is 26.3 Å². The summed E-state index contributed by atoms with van der Waals surface area (Å²) in [5, 5.41) is 0. The van der Waals surface area contributed by atoms with Crippen LogP contribution < -0.4 is 9.46 Å². The van der Waals surface area contributed by atoms with Crippen LogP contribution in [0.1, 0.15) is 24.1 Å². The minimum absolute atomic E-state index is 0.239. The van der Waals surface area contributed by atoms with Gasteiger partial charge in [-0.2, -0.15) is 13.2 Å². The summed E-state index contributed by atoms with van der Waals surface area (Å²) in [6.07, 6.45) is -4.51. The first-order valence-corrected chi connectivity index (χ1v) is 8.46. The summed E-state index contributed by atoms with van der Waals surface area (Å²) < 4.78 is 70.0. The molecule has 8 heteroatoms. The molecule has 2 rings (SSSR count). The van der Waals surface area contributed by atoms with Crippen LogP contribution in [0.2, 0.25) is 0 Å². The van der Waals surface area contributed by atoms with Gasteiger partial charge in [0.15, 0.2) is 0 Å². The van der Waals surface area contributed by atoms with Gasteiger partial charge in [0.1, 0.15) is 5.75 Å². The maximum atomic E-state index is 12.6. The van der Waals surface area contributed by atoms with Crippen molar-refractivity contribution in [1.82, 2.24) is 4.72 Å². The van der Waals surface area contributed by atoms with Gasteiger partial charge in [0.2, 0.25) is 10.0 Å². The third kappa shape index (κ3) is 4.07. The number of alkyl halides is 3. The normalized spacial score (nSPS) is 13.5. The second-order valence-electron chi connectivity index (χ2n) is 5.11. The van der Waals surface area contributed by atoms with Crippen molar-refractivity contribution in [3.8, 4) is 5.75 Å².